The number of para-hydroxylation sites is 1. The van der Waals surface area contributed by atoms with Gasteiger partial charge in [0.2, 0.25) is 0 Å². The monoisotopic (exact) mass is 402 g/mol. The van der Waals surface area contributed by atoms with Crippen molar-refractivity contribution in [1.82, 2.24) is 9.38 Å². The molecule has 30 heavy (non-hydrogen) atoms. The van der Waals surface area contributed by atoms with Crippen LogP contribution in [-0.4, -0.2) is 28.5 Å². The van der Waals surface area contributed by atoms with Crippen LogP contribution in [0.4, 0.5) is 11.4 Å². The number of anilines is 2. The Hall–Kier alpha value is -4.00. The average Bonchev–Trinajstić information content (AvgIpc) is 3.19. The molecule has 0 fully saturated rings. The number of imidazole rings is 1. The number of aromatic nitrogens is 2. The highest BCUT2D eigenvalue weighted by molar-refractivity contribution is 5.91. The van der Waals surface area contributed by atoms with Gasteiger partial charge in [0.05, 0.1) is 18.0 Å². The summed E-state index contributed by atoms with van der Waals surface area (Å²) in [7, 11) is 0. The summed E-state index contributed by atoms with van der Waals surface area (Å²) >= 11 is 0. The number of amides is 1. The number of nitrogens with zero attached hydrogens (tertiary/aromatic N) is 2. The van der Waals surface area contributed by atoms with E-state index in [1.54, 1.807) is 6.07 Å². The van der Waals surface area contributed by atoms with Crippen molar-refractivity contribution >= 4 is 22.9 Å². The lowest BCUT2D eigenvalue weighted by Gasteiger charge is -2.08. The van der Waals surface area contributed by atoms with Gasteiger partial charge in [0.25, 0.3) is 5.91 Å². The van der Waals surface area contributed by atoms with Crippen molar-refractivity contribution < 1.29 is 14.3 Å². The third-order valence-electron chi connectivity index (χ3n) is 4.47. The molecule has 0 spiro atoms. The number of benzene rings is 2. The smallest absolute Gasteiger partial charge is 0.262 e. The lowest BCUT2D eigenvalue weighted by atomic mass is 10.1. The lowest BCUT2D eigenvalue weighted by Crippen LogP contribution is -2.20. The first-order valence-corrected chi connectivity index (χ1v) is 9.62. The fourth-order valence-electron chi connectivity index (χ4n) is 3.10. The zero-order valence-corrected chi connectivity index (χ0v) is 16.5. The van der Waals surface area contributed by atoms with E-state index in [0.717, 1.165) is 16.9 Å². The Morgan fingerprint density at radius 3 is 2.67 bits per heavy atom. The molecule has 0 aliphatic heterocycles. The molecule has 2 aromatic heterocycles. The van der Waals surface area contributed by atoms with Crippen LogP contribution in [0.15, 0.2) is 73.1 Å². The summed E-state index contributed by atoms with van der Waals surface area (Å²) < 4.78 is 13.1. The van der Waals surface area contributed by atoms with Crippen LogP contribution in [0.5, 0.6) is 11.5 Å². The van der Waals surface area contributed by atoms with Crippen molar-refractivity contribution in [2.45, 2.75) is 6.92 Å². The number of nitrogens with one attached hydrogen (secondary N) is 1. The Balaban J connectivity index is 1.52. The summed E-state index contributed by atoms with van der Waals surface area (Å²) in [6.45, 7) is 2.35. The van der Waals surface area contributed by atoms with Crippen molar-refractivity contribution in [1.29, 1.82) is 0 Å². The number of fused-ring (bicyclic) bond motifs is 1. The summed E-state index contributed by atoms with van der Waals surface area (Å²) in [5.41, 5.74) is 9.59. The Morgan fingerprint density at radius 1 is 1.07 bits per heavy atom. The molecule has 0 unspecified atom stereocenters. The Bertz CT molecular complexity index is 1170. The molecule has 2 heterocycles. The van der Waals surface area contributed by atoms with Crippen molar-refractivity contribution in [3.63, 3.8) is 0 Å². The zero-order chi connectivity index (χ0) is 20.9. The molecule has 0 aliphatic rings. The number of pyridine rings is 1. The standard InChI is InChI=1S/C23H22N4O3/c1-2-29-20-11-10-16(13-18(20)24)19-14-27-12-6-9-21(23(27)26-19)30-15-22(28)25-17-7-4-3-5-8-17/h3-14H,2,15,24H2,1H3,(H,25,28). The van der Waals surface area contributed by atoms with Crippen molar-refractivity contribution in [3.05, 3.63) is 73.1 Å². The molecule has 3 N–H and O–H groups in total. The number of rotatable bonds is 7. The number of ether oxygens (including phenoxy) is 2. The van der Waals surface area contributed by atoms with E-state index >= 15 is 0 Å². The summed E-state index contributed by atoms with van der Waals surface area (Å²) in [5, 5.41) is 2.80. The summed E-state index contributed by atoms with van der Waals surface area (Å²) in [6.07, 6.45) is 3.77. The number of nitrogens with two attached hydrogens (primary N) is 1. The van der Waals surface area contributed by atoms with Gasteiger partial charge in [0.1, 0.15) is 5.75 Å². The minimum atomic E-state index is -0.241. The Morgan fingerprint density at radius 2 is 1.90 bits per heavy atom. The molecule has 0 bridgehead atoms. The molecule has 4 rings (SSSR count). The highest BCUT2D eigenvalue weighted by Gasteiger charge is 2.12. The maximum atomic E-state index is 12.2. The number of hydrogen-bond donors (Lipinski definition) is 2. The second-order valence-electron chi connectivity index (χ2n) is 6.62. The van der Waals surface area contributed by atoms with Crippen molar-refractivity contribution in [2.24, 2.45) is 0 Å². The van der Waals surface area contributed by atoms with Gasteiger partial charge in [-0.15, -0.1) is 0 Å². The van der Waals surface area contributed by atoms with Gasteiger partial charge < -0.3 is 24.9 Å². The molecular formula is C23H22N4O3. The van der Waals surface area contributed by atoms with E-state index in [4.69, 9.17) is 15.2 Å². The van der Waals surface area contributed by atoms with Crippen LogP contribution in [0.1, 0.15) is 6.92 Å². The summed E-state index contributed by atoms with van der Waals surface area (Å²) in [4.78, 5) is 16.9. The van der Waals surface area contributed by atoms with Crippen LogP contribution < -0.4 is 20.5 Å². The zero-order valence-electron chi connectivity index (χ0n) is 16.5. The SMILES string of the molecule is CCOc1ccc(-c2cn3cccc(OCC(=O)Nc4ccccc4)c3n2)cc1N. The highest BCUT2D eigenvalue weighted by Crippen LogP contribution is 2.30. The van der Waals surface area contributed by atoms with E-state index in [1.165, 1.54) is 0 Å². The predicted molar refractivity (Wildman–Crippen MR) is 117 cm³/mol. The topological polar surface area (TPSA) is 90.9 Å². The summed E-state index contributed by atoms with van der Waals surface area (Å²) in [6, 6.07) is 18.5. The van der Waals surface area contributed by atoms with Crippen LogP contribution >= 0.6 is 0 Å². The second-order valence-corrected chi connectivity index (χ2v) is 6.62. The van der Waals surface area contributed by atoms with Crippen molar-refractivity contribution in [2.75, 3.05) is 24.3 Å². The third-order valence-corrected chi connectivity index (χ3v) is 4.47. The molecule has 0 aliphatic carbocycles. The molecule has 1 amide bonds. The largest absolute Gasteiger partial charge is 0.492 e. The van der Waals surface area contributed by atoms with E-state index in [2.05, 4.69) is 10.3 Å². The fraction of sp³-hybridized carbons (Fsp3) is 0.130. The molecule has 0 saturated heterocycles. The van der Waals surface area contributed by atoms with Crippen LogP contribution in [0, 0.1) is 0 Å². The maximum Gasteiger partial charge on any atom is 0.262 e. The first-order chi connectivity index (χ1) is 14.6. The maximum absolute atomic E-state index is 12.2. The van der Waals surface area contributed by atoms with Gasteiger partial charge in [-0.25, -0.2) is 4.98 Å². The van der Waals surface area contributed by atoms with Crippen LogP contribution in [0.3, 0.4) is 0 Å². The quantitative estimate of drug-likeness (QED) is 0.456. The second kappa shape index (κ2) is 8.57. The first-order valence-electron chi connectivity index (χ1n) is 9.62. The van der Waals surface area contributed by atoms with E-state index in [9.17, 15) is 4.79 Å². The van der Waals surface area contributed by atoms with Gasteiger partial charge >= 0.3 is 0 Å². The van der Waals surface area contributed by atoms with Gasteiger partial charge in [-0.3, -0.25) is 4.79 Å². The van der Waals surface area contributed by atoms with E-state index in [1.807, 2.05) is 78.3 Å². The van der Waals surface area contributed by atoms with Crippen LogP contribution in [-0.2, 0) is 4.79 Å². The van der Waals surface area contributed by atoms with Crippen LogP contribution in [0.2, 0.25) is 0 Å². The molecule has 4 aromatic rings. The van der Waals surface area contributed by atoms with Crippen molar-refractivity contribution in [3.8, 4) is 22.8 Å². The lowest BCUT2D eigenvalue weighted by molar-refractivity contribution is -0.118. The normalized spacial score (nSPS) is 10.7. The minimum absolute atomic E-state index is 0.118. The van der Waals surface area contributed by atoms with Gasteiger partial charge in [0, 0.05) is 23.6 Å². The number of nitrogen functional groups attached to an aromatic ring is 1. The van der Waals surface area contributed by atoms with E-state index in [-0.39, 0.29) is 12.5 Å². The van der Waals surface area contributed by atoms with Gasteiger partial charge in [-0.05, 0) is 49.4 Å². The average molecular weight is 402 g/mol. The van der Waals surface area contributed by atoms with E-state index in [0.29, 0.717) is 29.4 Å². The van der Waals surface area contributed by atoms with Gasteiger partial charge in [0.15, 0.2) is 18.0 Å². The molecule has 0 atom stereocenters. The number of hydrogen-bond acceptors (Lipinski definition) is 5. The summed E-state index contributed by atoms with van der Waals surface area (Å²) in [5.74, 6) is 0.929. The Kier molecular flexibility index (Phi) is 5.52. The predicted octanol–water partition coefficient (Wildman–Crippen LogP) is 4.00. The number of carbonyl (C=O) groups is 1. The first kappa shape index (κ1) is 19.3. The van der Waals surface area contributed by atoms with Gasteiger partial charge in [-0.2, -0.15) is 0 Å². The van der Waals surface area contributed by atoms with Crippen LogP contribution in [0.25, 0.3) is 16.9 Å². The van der Waals surface area contributed by atoms with E-state index < -0.39 is 0 Å². The number of carbonyl (C=O) groups excluding carboxylic acids is 1. The fourth-order valence-corrected chi connectivity index (χ4v) is 3.10. The van der Waals surface area contributed by atoms with Gasteiger partial charge in [-0.1, -0.05) is 18.2 Å². The Labute approximate surface area is 174 Å². The minimum Gasteiger partial charge on any atom is -0.492 e. The molecule has 0 saturated carbocycles. The molecule has 7 heteroatoms. The molecular weight excluding hydrogens is 380 g/mol. The third kappa shape index (κ3) is 4.20. The highest BCUT2D eigenvalue weighted by atomic mass is 16.5. The molecule has 152 valence electrons. The molecule has 7 nitrogen and oxygen atoms in total. The molecule has 2 aromatic carbocycles. The molecule has 0 radical (unpaired) electrons.